The molecule has 0 saturated heterocycles. The predicted octanol–water partition coefficient (Wildman–Crippen LogP) is 8.28. The van der Waals surface area contributed by atoms with E-state index in [0.29, 0.717) is 0 Å². The minimum absolute atomic E-state index is 0.282. The quantitative estimate of drug-likeness (QED) is 0.405. The van der Waals surface area contributed by atoms with Crippen molar-refractivity contribution in [3.8, 4) is 0 Å². The highest BCUT2D eigenvalue weighted by Gasteiger charge is 2.20. The third-order valence-corrected chi connectivity index (χ3v) is 6.30. The second-order valence-electron chi connectivity index (χ2n) is 8.58. The SMILES string of the molecule is Cc1ccc(N(c2ccc(C3=CCCC=C3)cc2)C2C=CC(c3ccccc3)=CC2)cc1. The number of nitrogens with zero attached hydrogens (tertiary/aromatic N) is 1. The highest BCUT2D eigenvalue weighted by atomic mass is 15.2. The molecule has 1 nitrogen and oxygen atoms in total. The van der Waals surface area contributed by atoms with Crippen LogP contribution in [0.2, 0.25) is 0 Å². The van der Waals surface area contributed by atoms with Crippen LogP contribution in [0.5, 0.6) is 0 Å². The van der Waals surface area contributed by atoms with Gasteiger partial charge in [-0.1, -0.05) is 96.6 Å². The first kappa shape index (κ1) is 20.3. The average molecular weight is 416 g/mol. The topological polar surface area (TPSA) is 3.24 Å². The minimum Gasteiger partial charge on any atom is -0.334 e. The third-order valence-electron chi connectivity index (χ3n) is 6.30. The summed E-state index contributed by atoms with van der Waals surface area (Å²) in [5.74, 6) is 0. The molecule has 1 atom stereocenters. The van der Waals surface area contributed by atoms with Crippen LogP contribution in [0.4, 0.5) is 11.4 Å². The maximum Gasteiger partial charge on any atom is 0.0560 e. The summed E-state index contributed by atoms with van der Waals surface area (Å²) in [6.07, 6.45) is 17.1. The molecule has 0 radical (unpaired) electrons. The van der Waals surface area contributed by atoms with E-state index >= 15 is 0 Å². The normalized spacial score (nSPS) is 17.6. The van der Waals surface area contributed by atoms with Gasteiger partial charge in [0.1, 0.15) is 0 Å². The molecule has 1 unspecified atom stereocenters. The number of anilines is 2. The van der Waals surface area contributed by atoms with E-state index in [-0.39, 0.29) is 6.04 Å². The van der Waals surface area contributed by atoms with Crippen molar-refractivity contribution in [2.75, 3.05) is 4.90 Å². The molecule has 0 spiro atoms. The summed E-state index contributed by atoms with van der Waals surface area (Å²) in [5, 5.41) is 0. The molecule has 158 valence electrons. The van der Waals surface area contributed by atoms with Gasteiger partial charge >= 0.3 is 0 Å². The third kappa shape index (κ3) is 4.38. The van der Waals surface area contributed by atoms with Crippen molar-refractivity contribution in [2.45, 2.75) is 32.2 Å². The molecule has 5 rings (SSSR count). The summed E-state index contributed by atoms with van der Waals surface area (Å²) in [6.45, 7) is 2.14. The molecule has 0 fully saturated rings. The molecule has 0 bridgehead atoms. The van der Waals surface area contributed by atoms with E-state index in [9.17, 15) is 0 Å². The van der Waals surface area contributed by atoms with E-state index in [0.717, 1.165) is 19.3 Å². The monoisotopic (exact) mass is 415 g/mol. The lowest BCUT2D eigenvalue weighted by molar-refractivity contribution is 0.787. The zero-order valence-corrected chi connectivity index (χ0v) is 18.6. The maximum atomic E-state index is 2.46. The highest BCUT2D eigenvalue weighted by molar-refractivity contribution is 5.78. The summed E-state index contributed by atoms with van der Waals surface area (Å²) in [7, 11) is 0. The van der Waals surface area contributed by atoms with Crippen LogP contribution in [-0.2, 0) is 0 Å². The van der Waals surface area contributed by atoms with Gasteiger partial charge in [-0.3, -0.25) is 0 Å². The zero-order valence-electron chi connectivity index (χ0n) is 18.6. The van der Waals surface area contributed by atoms with Crippen molar-refractivity contribution >= 4 is 22.5 Å². The number of hydrogen-bond acceptors (Lipinski definition) is 1. The van der Waals surface area contributed by atoms with Crippen LogP contribution in [0, 0.1) is 6.92 Å². The Hall–Kier alpha value is -3.58. The van der Waals surface area contributed by atoms with Gasteiger partial charge in [0, 0.05) is 11.4 Å². The van der Waals surface area contributed by atoms with Gasteiger partial charge in [0.2, 0.25) is 0 Å². The van der Waals surface area contributed by atoms with E-state index in [2.05, 4.69) is 127 Å². The second-order valence-corrected chi connectivity index (χ2v) is 8.58. The molecule has 1 heteroatoms. The number of rotatable bonds is 5. The summed E-state index contributed by atoms with van der Waals surface area (Å²) in [6, 6.07) is 28.9. The van der Waals surface area contributed by atoms with E-state index in [1.807, 2.05) is 0 Å². The molecular formula is C31H29N. The lowest BCUT2D eigenvalue weighted by Crippen LogP contribution is -2.30. The Morgan fingerprint density at radius 2 is 1.31 bits per heavy atom. The Balaban J connectivity index is 1.45. The summed E-state index contributed by atoms with van der Waals surface area (Å²) < 4.78 is 0. The van der Waals surface area contributed by atoms with E-state index in [1.54, 1.807) is 0 Å². The molecule has 32 heavy (non-hydrogen) atoms. The van der Waals surface area contributed by atoms with Crippen LogP contribution < -0.4 is 4.90 Å². The fourth-order valence-electron chi connectivity index (χ4n) is 4.52. The van der Waals surface area contributed by atoms with E-state index in [4.69, 9.17) is 0 Å². The van der Waals surface area contributed by atoms with Crippen molar-refractivity contribution in [3.63, 3.8) is 0 Å². The first-order valence-electron chi connectivity index (χ1n) is 11.5. The van der Waals surface area contributed by atoms with Crippen molar-refractivity contribution in [2.24, 2.45) is 0 Å². The summed E-state index contributed by atoms with van der Waals surface area (Å²) >= 11 is 0. The number of allylic oxidation sites excluding steroid dienone is 6. The minimum atomic E-state index is 0.282. The first-order chi connectivity index (χ1) is 15.8. The fraction of sp³-hybridized carbons (Fsp3) is 0.161. The van der Waals surface area contributed by atoms with Crippen LogP contribution in [0.25, 0.3) is 11.1 Å². The average Bonchev–Trinajstić information content (AvgIpc) is 2.87. The molecular weight excluding hydrogens is 386 g/mol. The lowest BCUT2D eigenvalue weighted by Gasteiger charge is -2.33. The standard InChI is InChI=1S/C31H29N/c1-24-12-18-29(19-13-24)32(30-20-14-27(15-21-30)25-8-4-2-5-9-25)31-22-16-28(17-23-31)26-10-6-3-7-11-26/h2,4-6,8-20,22-23,30H,3,7,21H2,1H3. The number of hydrogen-bond donors (Lipinski definition) is 0. The molecule has 0 saturated carbocycles. The van der Waals surface area contributed by atoms with E-state index < -0.39 is 0 Å². The Labute approximate surface area is 191 Å². The molecule has 2 aliphatic carbocycles. The van der Waals surface area contributed by atoms with Crippen LogP contribution in [0.15, 0.2) is 115 Å². The lowest BCUT2D eigenvalue weighted by atomic mass is 9.95. The van der Waals surface area contributed by atoms with Crippen LogP contribution in [0.1, 0.15) is 36.0 Å². The summed E-state index contributed by atoms with van der Waals surface area (Å²) in [4.78, 5) is 2.46. The number of aryl methyl sites for hydroxylation is 1. The second kappa shape index (κ2) is 9.28. The zero-order chi connectivity index (χ0) is 21.8. The van der Waals surface area contributed by atoms with Gasteiger partial charge in [0.25, 0.3) is 0 Å². The fourth-order valence-corrected chi connectivity index (χ4v) is 4.52. The van der Waals surface area contributed by atoms with Gasteiger partial charge in [-0.05, 0) is 72.7 Å². The molecule has 0 amide bonds. The van der Waals surface area contributed by atoms with Crippen LogP contribution in [0.3, 0.4) is 0 Å². The van der Waals surface area contributed by atoms with Gasteiger partial charge < -0.3 is 4.90 Å². The van der Waals surface area contributed by atoms with Crippen LogP contribution >= 0.6 is 0 Å². The molecule has 3 aromatic rings. The Morgan fingerprint density at radius 3 is 1.94 bits per heavy atom. The van der Waals surface area contributed by atoms with Gasteiger partial charge in [-0.15, -0.1) is 0 Å². The molecule has 0 N–H and O–H groups in total. The van der Waals surface area contributed by atoms with Gasteiger partial charge in [0.05, 0.1) is 6.04 Å². The summed E-state index contributed by atoms with van der Waals surface area (Å²) in [5.41, 5.74) is 8.94. The van der Waals surface area contributed by atoms with Crippen molar-refractivity contribution in [1.82, 2.24) is 0 Å². The maximum absolute atomic E-state index is 2.46. The van der Waals surface area contributed by atoms with Crippen molar-refractivity contribution in [3.05, 3.63) is 132 Å². The Morgan fingerprint density at radius 1 is 0.656 bits per heavy atom. The van der Waals surface area contributed by atoms with Gasteiger partial charge in [-0.2, -0.15) is 0 Å². The highest BCUT2D eigenvalue weighted by Crippen LogP contribution is 2.34. The molecule has 3 aromatic carbocycles. The van der Waals surface area contributed by atoms with Crippen LogP contribution in [-0.4, -0.2) is 6.04 Å². The van der Waals surface area contributed by atoms with Crippen molar-refractivity contribution < 1.29 is 0 Å². The Bertz CT molecular complexity index is 1180. The molecule has 0 aromatic heterocycles. The molecule has 0 heterocycles. The largest absolute Gasteiger partial charge is 0.334 e. The number of benzene rings is 3. The predicted molar refractivity (Wildman–Crippen MR) is 138 cm³/mol. The Kier molecular flexibility index (Phi) is 5.89. The molecule has 2 aliphatic rings. The smallest absolute Gasteiger partial charge is 0.0560 e. The van der Waals surface area contributed by atoms with E-state index in [1.165, 1.54) is 39.2 Å². The van der Waals surface area contributed by atoms with Crippen molar-refractivity contribution in [1.29, 1.82) is 0 Å². The first-order valence-corrected chi connectivity index (χ1v) is 11.5. The van der Waals surface area contributed by atoms with Gasteiger partial charge in [-0.25, -0.2) is 0 Å². The van der Waals surface area contributed by atoms with Gasteiger partial charge in [0.15, 0.2) is 0 Å². The molecule has 0 aliphatic heterocycles.